The molecule has 0 bridgehead atoms. The van der Waals surface area contributed by atoms with Crippen LogP contribution in [0.2, 0.25) is 0 Å². The van der Waals surface area contributed by atoms with Gasteiger partial charge in [-0.25, -0.2) is 0 Å². The summed E-state index contributed by atoms with van der Waals surface area (Å²) >= 11 is 1.50. The molecule has 1 aromatic heterocycles. The van der Waals surface area contributed by atoms with Crippen LogP contribution in [0.5, 0.6) is 5.75 Å². The zero-order chi connectivity index (χ0) is 15.5. The molecule has 1 aromatic carbocycles. The molecule has 0 saturated carbocycles. The van der Waals surface area contributed by atoms with E-state index >= 15 is 0 Å². The van der Waals surface area contributed by atoms with Gasteiger partial charge in [-0.3, -0.25) is 4.79 Å². The quantitative estimate of drug-likeness (QED) is 0.943. The van der Waals surface area contributed by atoms with Gasteiger partial charge in [0.1, 0.15) is 10.6 Å². The first-order valence-corrected chi connectivity index (χ1v) is 8.23. The third kappa shape index (κ3) is 2.87. The third-order valence-electron chi connectivity index (χ3n) is 4.07. The Morgan fingerprint density at radius 1 is 1.36 bits per heavy atom. The molecule has 1 unspecified atom stereocenters. The zero-order valence-corrected chi connectivity index (χ0v) is 13.7. The van der Waals surface area contributed by atoms with E-state index in [-0.39, 0.29) is 11.9 Å². The minimum Gasteiger partial charge on any atom is -0.495 e. The lowest BCUT2D eigenvalue weighted by Crippen LogP contribution is -2.38. The highest BCUT2D eigenvalue weighted by Gasteiger charge is 2.27. The summed E-state index contributed by atoms with van der Waals surface area (Å²) in [6.45, 7) is 1.83. The largest absolute Gasteiger partial charge is 0.495 e. The summed E-state index contributed by atoms with van der Waals surface area (Å²) in [6, 6.07) is 12.3. The number of ether oxygens (including phenoxy) is 1. The number of likely N-dealkylation sites (N-methyl/N-ethyl adjacent to an activating group) is 1. The summed E-state index contributed by atoms with van der Waals surface area (Å²) in [4.78, 5) is 16.4. The molecule has 1 aliphatic heterocycles. The van der Waals surface area contributed by atoms with Crippen molar-refractivity contribution in [3.8, 4) is 16.2 Å². The first kappa shape index (κ1) is 15.1. The Bertz CT molecular complexity index is 648. The molecule has 1 amide bonds. The second-order valence-electron chi connectivity index (χ2n) is 5.44. The molecule has 0 radical (unpaired) electrons. The number of methoxy groups -OCH3 is 1. The van der Waals surface area contributed by atoms with Gasteiger partial charge in [-0.1, -0.05) is 30.3 Å². The van der Waals surface area contributed by atoms with E-state index in [0.29, 0.717) is 10.6 Å². The molecule has 2 heterocycles. The summed E-state index contributed by atoms with van der Waals surface area (Å²) in [6.07, 6.45) is 1.00. The number of nitrogens with one attached hydrogen (secondary N) is 1. The lowest BCUT2D eigenvalue weighted by molar-refractivity contribution is 0.0745. The molecule has 22 heavy (non-hydrogen) atoms. The Morgan fingerprint density at radius 2 is 2.14 bits per heavy atom. The van der Waals surface area contributed by atoms with Crippen molar-refractivity contribution < 1.29 is 9.53 Å². The number of nitrogens with zero attached hydrogens (tertiary/aromatic N) is 1. The molecule has 0 aliphatic carbocycles. The fraction of sp³-hybridized carbons (Fsp3) is 0.353. The fourth-order valence-corrected chi connectivity index (χ4v) is 3.83. The SMILES string of the molecule is COc1cc(-c2ccccc2)sc1C(=O)N(C)C1CCNC1. The molecule has 3 rings (SSSR count). The van der Waals surface area contributed by atoms with Crippen molar-refractivity contribution in [1.82, 2.24) is 10.2 Å². The highest BCUT2D eigenvalue weighted by Crippen LogP contribution is 2.37. The van der Waals surface area contributed by atoms with Crippen molar-refractivity contribution >= 4 is 17.2 Å². The monoisotopic (exact) mass is 316 g/mol. The first-order valence-electron chi connectivity index (χ1n) is 7.42. The van der Waals surface area contributed by atoms with Crippen molar-refractivity contribution in [3.05, 3.63) is 41.3 Å². The third-order valence-corrected chi connectivity index (χ3v) is 5.23. The van der Waals surface area contributed by atoms with Crippen LogP contribution in [-0.4, -0.2) is 44.1 Å². The summed E-state index contributed by atoms with van der Waals surface area (Å²) in [7, 11) is 3.49. The van der Waals surface area contributed by atoms with Crippen LogP contribution in [0.15, 0.2) is 36.4 Å². The van der Waals surface area contributed by atoms with Gasteiger partial charge < -0.3 is 15.0 Å². The highest BCUT2D eigenvalue weighted by molar-refractivity contribution is 7.17. The number of hydrogen-bond donors (Lipinski definition) is 1. The Morgan fingerprint density at radius 3 is 2.77 bits per heavy atom. The number of carbonyl (C=O) groups excluding carboxylic acids is 1. The fourth-order valence-electron chi connectivity index (χ4n) is 2.72. The van der Waals surface area contributed by atoms with Gasteiger partial charge >= 0.3 is 0 Å². The highest BCUT2D eigenvalue weighted by atomic mass is 32.1. The van der Waals surface area contributed by atoms with Crippen LogP contribution >= 0.6 is 11.3 Å². The van der Waals surface area contributed by atoms with E-state index in [1.54, 1.807) is 7.11 Å². The van der Waals surface area contributed by atoms with Crippen molar-refractivity contribution in [2.75, 3.05) is 27.2 Å². The summed E-state index contributed by atoms with van der Waals surface area (Å²) in [5.74, 6) is 0.699. The van der Waals surface area contributed by atoms with Gasteiger partial charge in [0.25, 0.3) is 5.91 Å². The van der Waals surface area contributed by atoms with E-state index in [4.69, 9.17) is 4.74 Å². The predicted molar refractivity (Wildman–Crippen MR) is 89.7 cm³/mol. The van der Waals surface area contributed by atoms with Gasteiger partial charge in [0.05, 0.1) is 7.11 Å². The maximum absolute atomic E-state index is 12.8. The van der Waals surface area contributed by atoms with Crippen LogP contribution in [0.3, 0.4) is 0 Å². The van der Waals surface area contributed by atoms with Crippen molar-refractivity contribution in [1.29, 1.82) is 0 Å². The number of rotatable bonds is 4. The van der Waals surface area contributed by atoms with Gasteiger partial charge in [-0.05, 0) is 24.6 Å². The maximum atomic E-state index is 12.8. The van der Waals surface area contributed by atoms with Gasteiger partial charge in [0, 0.05) is 24.5 Å². The molecular weight excluding hydrogens is 296 g/mol. The van der Waals surface area contributed by atoms with Gasteiger partial charge in [-0.2, -0.15) is 0 Å². The van der Waals surface area contributed by atoms with Crippen LogP contribution in [0, 0.1) is 0 Å². The topological polar surface area (TPSA) is 41.6 Å². The van der Waals surface area contributed by atoms with E-state index in [9.17, 15) is 4.79 Å². The van der Waals surface area contributed by atoms with Crippen LogP contribution in [0.25, 0.3) is 10.4 Å². The smallest absolute Gasteiger partial charge is 0.267 e. The lowest BCUT2D eigenvalue weighted by Gasteiger charge is -2.23. The maximum Gasteiger partial charge on any atom is 0.267 e. The molecule has 5 heteroatoms. The molecule has 1 saturated heterocycles. The van der Waals surface area contributed by atoms with E-state index in [0.717, 1.165) is 30.0 Å². The van der Waals surface area contributed by atoms with Crippen LogP contribution in [-0.2, 0) is 0 Å². The average Bonchev–Trinajstić information content (AvgIpc) is 3.23. The van der Waals surface area contributed by atoms with Crippen molar-refractivity contribution in [2.24, 2.45) is 0 Å². The molecule has 116 valence electrons. The number of carbonyl (C=O) groups is 1. The molecule has 1 aliphatic rings. The number of benzene rings is 1. The van der Waals surface area contributed by atoms with E-state index in [1.807, 2.05) is 48.3 Å². The standard InChI is InChI=1S/C17H20N2O2S/c1-19(13-8-9-18-11-13)17(20)16-14(21-2)10-15(22-16)12-6-4-3-5-7-12/h3-7,10,13,18H,8-9,11H2,1-2H3. The normalized spacial score (nSPS) is 17.5. The van der Waals surface area contributed by atoms with E-state index < -0.39 is 0 Å². The average molecular weight is 316 g/mol. The Balaban J connectivity index is 1.89. The second kappa shape index (κ2) is 6.50. The van der Waals surface area contributed by atoms with Crippen LogP contribution in [0.4, 0.5) is 0 Å². The Hall–Kier alpha value is -1.85. The van der Waals surface area contributed by atoms with Crippen LogP contribution in [0.1, 0.15) is 16.1 Å². The van der Waals surface area contributed by atoms with E-state index in [2.05, 4.69) is 5.32 Å². The summed E-state index contributed by atoms with van der Waals surface area (Å²) in [5.41, 5.74) is 1.11. The summed E-state index contributed by atoms with van der Waals surface area (Å²) in [5, 5.41) is 3.30. The minimum atomic E-state index is 0.0396. The molecule has 0 spiro atoms. The number of hydrogen-bond acceptors (Lipinski definition) is 4. The van der Waals surface area contributed by atoms with Crippen molar-refractivity contribution in [2.45, 2.75) is 12.5 Å². The van der Waals surface area contributed by atoms with Gasteiger partial charge in [-0.15, -0.1) is 11.3 Å². The number of amides is 1. The minimum absolute atomic E-state index is 0.0396. The molecule has 2 aromatic rings. The predicted octanol–water partition coefficient (Wildman–Crippen LogP) is 2.86. The Labute approximate surface area is 134 Å². The van der Waals surface area contributed by atoms with Crippen LogP contribution < -0.4 is 10.1 Å². The zero-order valence-electron chi connectivity index (χ0n) is 12.8. The Kier molecular flexibility index (Phi) is 4.45. The van der Waals surface area contributed by atoms with E-state index in [1.165, 1.54) is 11.3 Å². The van der Waals surface area contributed by atoms with Gasteiger partial charge in [0.2, 0.25) is 0 Å². The first-order chi connectivity index (χ1) is 10.7. The molecular formula is C17H20N2O2S. The molecule has 1 N–H and O–H groups in total. The molecule has 4 nitrogen and oxygen atoms in total. The lowest BCUT2D eigenvalue weighted by atomic mass is 10.2. The van der Waals surface area contributed by atoms with Crippen molar-refractivity contribution in [3.63, 3.8) is 0 Å². The van der Waals surface area contributed by atoms with Gasteiger partial charge in [0.15, 0.2) is 0 Å². The molecule has 1 fully saturated rings. The summed E-state index contributed by atoms with van der Waals surface area (Å²) < 4.78 is 5.43. The number of thiophene rings is 1. The second-order valence-corrected chi connectivity index (χ2v) is 6.49. The molecule has 1 atom stereocenters.